The van der Waals surface area contributed by atoms with Crippen molar-refractivity contribution in [3.05, 3.63) is 63.6 Å². The van der Waals surface area contributed by atoms with Crippen LogP contribution in [-0.4, -0.2) is 5.78 Å². The number of halogens is 3. The molecule has 0 radical (unpaired) electrons. The van der Waals surface area contributed by atoms with Crippen LogP contribution < -0.4 is 4.74 Å². The van der Waals surface area contributed by atoms with Gasteiger partial charge in [-0.1, -0.05) is 15.9 Å². The van der Waals surface area contributed by atoms with Crippen LogP contribution in [0.2, 0.25) is 0 Å². The Morgan fingerprint density at radius 3 is 2.60 bits per heavy atom. The molecular weight excluding hydrogens is 330 g/mol. The second-order valence-corrected chi connectivity index (χ2v) is 5.14. The van der Waals surface area contributed by atoms with Crippen LogP contribution in [0.4, 0.5) is 8.78 Å². The quantitative estimate of drug-likeness (QED) is 0.765. The molecule has 0 amide bonds. The van der Waals surface area contributed by atoms with Gasteiger partial charge in [-0.2, -0.15) is 0 Å². The molecular formula is C15H11BrF2O2. The molecule has 0 heterocycles. The first-order valence-electron chi connectivity index (χ1n) is 5.84. The van der Waals surface area contributed by atoms with E-state index < -0.39 is 11.6 Å². The third-order valence-corrected chi connectivity index (χ3v) is 3.21. The molecule has 0 aliphatic heterocycles. The van der Waals surface area contributed by atoms with Gasteiger partial charge in [-0.25, -0.2) is 8.78 Å². The Bertz CT molecular complexity index is 656. The van der Waals surface area contributed by atoms with Crippen LogP contribution in [-0.2, 0) is 6.61 Å². The molecule has 2 aromatic carbocycles. The highest BCUT2D eigenvalue weighted by Gasteiger charge is 2.11. The summed E-state index contributed by atoms with van der Waals surface area (Å²) < 4.78 is 32.5. The minimum absolute atomic E-state index is 0.0754. The Hall–Kier alpha value is -1.75. The Labute approximate surface area is 123 Å². The standard InChI is InChI=1S/C15H11BrF2O2/c1-9(19)13-6-11(16)3-5-15(13)20-8-10-2-4-12(17)7-14(10)18/h2-7H,8H2,1H3. The molecule has 0 N–H and O–H groups in total. The first kappa shape index (κ1) is 14.7. The zero-order chi connectivity index (χ0) is 14.7. The molecule has 2 nitrogen and oxygen atoms in total. The topological polar surface area (TPSA) is 26.3 Å². The average Bonchev–Trinajstić information content (AvgIpc) is 2.38. The zero-order valence-electron chi connectivity index (χ0n) is 10.6. The molecule has 2 aromatic rings. The fourth-order valence-electron chi connectivity index (χ4n) is 1.70. The van der Waals surface area contributed by atoms with Crippen molar-refractivity contribution in [2.75, 3.05) is 0 Å². The van der Waals surface area contributed by atoms with Gasteiger partial charge in [0.2, 0.25) is 0 Å². The number of rotatable bonds is 4. The maximum absolute atomic E-state index is 13.5. The van der Waals surface area contributed by atoms with Gasteiger partial charge in [0.15, 0.2) is 5.78 Å². The molecule has 5 heteroatoms. The molecule has 0 saturated heterocycles. The van der Waals surface area contributed by atoms with E-state index in [9.17, 15) is 13.6 Å². The number of Topliss-reactive ketones (excluding diaryl/α,β-unsaturated/α-hetero) is 1. The Morgan fingerprint density at radius 1 is 1.20 bits per heavy atom. The summed E-state index contributed by atoms with van der Waals surface area (Å²) in [6.07, 6.45) is 0. The Balaban J connectivity index is 2.20. The summed E-state index contributed by atoms with van der Waals surface area (Å²) in [7, 11) is 0. The molecule has 0 unspecified atom stereocenters. The van der Waals surface area contributed by atoms with Crippen LogP contribution in [0.15, 0.2) is 40.9 Å². The molecule has 0 fully saturated rings. The van der Waals surface area contributed by atoms with Crippen molar-refractivity contribution in [3.8, 4) is 5.75 Å². The van der Waals surface area contributed by atoms with Gasteiger partial charge in [-0.05, 0) is 37.3 Å². The van der Waals surface area contributed by atoms with E-state index in [-0.39, 0.29) is 18.0 Å². The molecule has 0 bridgehead atoms. The monoisotopic (exact) mass is 340 g/mol. The summed E-state index contributed by atoms with van der Waals surface area (Å²) in [5, 5.41) is 0. The Kier molecular flexibility index (Phi) is 4.49. The van der Waals surface area contributed by atoms with Gasteiger partial charge in [0, 0.05) is 16.1 Å². The van der Waals surface area contributed by atoms with Crippen LogP contribution >= 0.6 is 15.9 Å². The summed E-state index contributed by atoms with van der Waals surface area (Å²) >= 11 is 3.27. The summed E-state index contributed by atoms with van der Waals surface area (Å²) in [4.78, 5) is 11.5. The number of carbonyl (C=O) groups excluding carboxylic acids is 1. The van der Waals surface area contributed by atoms with Crippen molar-refractivity contribution in [1.82, 2.24) is 0 Å². The Morgan fingerprint density at radius 2 is 1.95 bits per heavy atom. The highest BCUT2D eigenvalue weighted by molar-refractivity contribution is 9.10. The minimum Gasteiger partial charge on any atom is -0.488 e. The predicted octanol–water partition coefficient (Wildman–Crippen LogP) is 4.51. The summed E-state index contributed by atoms with van der Waals surface area (Å²) in [5.74, 6) is -1.10. The molecule has 2 rings (SSSR count). The lowest BCUT2D eigenvalue weighted by Crippen LogP contribution is -2.03. The molecule has 0 aromatic heterocycles. The lowest BCUT2D eigenvalue weighted by molar-refractivity contribution is 0.101. The van der Waals surface area contributed by atoms with Crippen molar-refractivity contribution in [2.45, 2.75) is 13.5 Å². The van der Waals surface area contributed by atoms with E-state index in [1.165, 1.54) is 13.0 Å². The number of benzene rings is 2. The first-order chi connectivity index (χ1) is 9.47. The molecule has 0 aliphatic rings. The van der Waals surface area contributed by atoms with Crippen molar-refractivity contribution < 1.29 is 18.3 Å². The normalized spacial score (nSPS) is 10.4. The largest absolute Gasteiger partial charge is 0.488 e. The first-order valence-corrected chi connectivity index (χ1v) is 6.64. The molecule has 20 heavy (non-hydrogen) atoms. The maximum atomic E-state index is 13.5. The second-order valence-electron chi connectivity index (χ2n) is 4.22. The van der Waals surface area contributed by atoms with Crippen molar-refractivity contribution in [3.63, 3.8) is 0 Å². The fraction of sp³-hybridized carbons (Fsp3) is 0.133. The van der Waals surface area contributed by atoms with E-state index in [1.54, 1.807) is 18.2 Å². The van der Waals surface area contributed by atoms with Crippen LogP contribution in [0.1, 0.15) is 22.8 Å². The van der Waals surface area contributed by atoms with Gasteiger partial charge in [0.1, 0.15) is 24.0 Å². The number of hydrogen-bond donors (Lipinski definition) is 0. The highest BCUT2D eigenvalue weighted by atomic mass is 79.9. The molecule has 0 saturated carbocycles. The van der Waals surface area contributed by atoms with Crippen LogP contribution in [0, 0.1) is 11.6 Å². The lowest BCUT2D eigenvalue weighted by Gasteiger charge is -2.11. The maximum Gasteiger partial charge on any atom is 0.163 e. The molecule has 104 valence electrons. The third-order valence-electron chi connectivity index (χ3n) is 2.72. The van der Waals surface area contributed by atoms with E-state index in [0.717, 1.165) is 16.6 Å². The third kappa shape index (κ3) is 3.42. The van der Waals surface area contributed by atoms with Crippen molar-refractivity contribution in [1.29, 1.82) is 0 Å². The van der Waals surface area contributed by atoms with E-state index in [1.807, 2.05) is 0 Å². The number of ketones is 1. The van der Waals surface area contributed by atoms with E-state index >= 15 is 0 Å². The van der Waals surface area contributed by atoms with Gasteiger partial charge in [0.05, 0.1) is 5.56 Å². The second kappa shape index (κ2) is 6.13. The van der Waals surface area contributed by atoms with Crippen molar-refractivity contribution >= 4 is 21.7 Å². The highest BCUT2D eigenvalue weighted by Crippen LogP contribution is 2.25. The number of ether oxygens (including phenoxy) is 1. The van der Waals surface area contributed by atoms with Gasteiger partial charge in [0.25, 0.3) is 0 Å². The molecule has 0 spiro atoms. The fourth-order valence-corrected chi connectivity index (χ4v) is 2.06. The van der Waals surface area contributed by atoms with Crippen LogP contribution in [0.5, 0.6) is 5.75 Å². The van der Waals surface area contributed by atoms with E-state index in [2.05, 4.69) is 15.9 Å². The van der Waals surface area contributed by atoms with Gasteiger partial charge in [-0.15, -0.1) is 0 Å². The lowest BCUT2D eigenvalue weighted by atomic mass is 10.1. The average molecular weight is 341 g/mol. The summed E-state index contributed by atoms with van der Waals surface area (Å²) in [6, 6.07) is 8.27. The number of carbonyl (C=O) groups is 1. The molecule has 0 atom stereocenters. The molecule has 0 aliphatic carbocycles. The van der Waals surface area contributed by atoms with E-state index in [4.69, 9.17) is 4.74 Å². The van der Waals surface area contributed by atoms with E-state index in [0.29, 0.717) is 11.3 Å². The van der Waals surface area contributed by atoms with Gasteiger partial charge < -0.3 is 4.74 Å². The van der Waals surface area contributed by atoms with Gasteiger partial charge >= 0.3 is 0 Å². The van der Waals surface area contributed by atoms with Crippen LogP contribution in [0.3, 0.4) is 0 Å². The van der Waals surface area contributed by atoms with Gasteiger partial charge in [-0.3, -0.25) is 4.79 Å². The summed E-state index contributed by atoms with van der Waals surface area (Å²) in [6.45, 7) is 1.35. The zero-order valence-corrected chi connectivity index (χ0v) is 12.2. The smallest absolute Gasteiger partial charge is 0.163 e. The minimum atomic E-state index is -0.675. The SMILES string of the molecule is CC(=O)c1cc(Br)ccc1OCc1ccc(F)cc1F. The predicted molar refractivity (Wildman–Crippen MR) is 74.8 cm³/mol. The summed E-state index contributed by atoms with van der Waals surface area (Å²) in [5.41, 5.74) is 0.630. The number of hydrogen-bond acceptors (Lipinski definition) is 2. The van der Waals surface area contributed by atoms with Crippen LogP contribution in [0.25, 0.3) is 0 Å². The van der Waals surface area contributed by atoms with Crippen molar-refractivity contribution in [2.24, 2.45) is 0 Å².